The predicted octanol–water partition coefficient (Wildman–Crippen LogP) is 1.10. The summed E-state index contributed by atoms with van der Waals surface area (Å²) in [6, 6.07) is 13.0. The molecule has 2 rings (SSSR count). The first kappa shape index (κ1) is 18.9. The molecule has 134 valence electrons. The molecule has 0 atom stereocenters. The highest BCUT2D eigenvalue weighted by atomic mass is 32.2. The molecule has 2 aromatic carbocycles. The lowest BCUT2D eigenvalue weighted by molar-refractivity contribution is 0.0696. The summed E-state index contributed by atoms with van der Waals surface area (Å²) in [5.41, 5.74) is 0.195. The molecule has 3 N–H and O–H groups in total. The largest absolute Gasteiger partial charge is 0.478 e. The molecule has 0 radical (unpaired) electrons. The molecule has 0 aliphatic rings. The number of aromatic carboxylic acids is 1. The lowest BCUT2D eigenvalue weighted by atomic mass is 10.2. The van der Waals surface area contributed by atoms with Crippen LogP contribution >= 0.6 is 0 Å². The van der Waals surface area contributed by atoms with E-state index < -0.39 is 31.8 Å². The molecule has 0 heterocycles. The van der Waals surface area contributed by atoms with Gasteiger partial charge in [-0.25, -0.2) is 26.4 Å². The molecular weight excluding hydrogens is 368 g/mol. The normalized spacial score (nSPS) is 11.8. The van der Waals surface area contributed by atoms with E-state index in [1.165, 1.54) is 18.2 Å². The number of carboxylic acid groups (broad SMARTS) is 1. The first-order valence-electron chi connectivity index (χ1n) is 7.08. The van der Waals surface area contributed by atoms with Crippen molar-refractivity contribution in [3.8, 4) is 0 Å². The third kappa shape index (κ3) is 5.55. The standard InChI is InChI=1S/C15H16N2O6S2/c18-15(19)12-5-4-8-14(11-12)25(22,23)16-9-10-24(20,21)17-13-6-2-1-3-7-13/h1-8,11,16-17H,9-10H2,(H,18,19). The molecule has 0 aliphatic heterocycles. The average Bonchev–Trinajstić information content (AvgIpc) is 2.55. The van der Waals surface area contributed by atoms with Gasteiger partial charge in [-0.15, -0.1) is 0 Å². The Morgan fingerprint density at radius 3 is 2.28 bits per heavy atom. The van der Waals surface area contributed by atoms with Crippen molar-refractivity contribution >= 4 is 31.7 Å². The number of nitrogens with one attached hydrogen (secondary N) is 2. The molecule has 25 heavy (non-hydrogen) atoms. The lowest BCUT2D eigenvalue weighted by Crippen LogP contribution is -2.31. The van der Waals surface area contributed by atoms with E-state index in [0.717, 1.165) is 6.07 Å². The molecule has 2 aromatic rings. The van der Waals surface area contributed by atoms with Gasteiger partial charge in [-0.1, -0.05) is 24.3 Å². The summed E-state index contributed by atoms with van der Waals surface area (Å²) in [7, 11) is -7.75. The minimum Gasteiger partial charge on any atom is -0.478 e. The van der Waals surface area contributed by atoms with Crippen molar-refractivity contribution < 1.29 is 26.7 Å². The summed E-state index contributed by atoms with van der Waals surface area (Å²) < 4.78 is 52.6. The van der Waals surface area contributed by atoms with Crippen LogP contribution in [-0.4, -0.2) is 40.2 Å². The van der Waals surface area contributed by atoms with Crippen LogP contribution in [-0.2, 0) is 20.0 Å². The first-order valence-corrected chi connectivity index (χ1v) is 10.2. The van der Waals surface area contributed by atoms with Crippen LogP contribution < -0.4 is 9.44 Å². The summed E-state index contributed by atoms with van der Waals surface area (Å²) in [5.74, 6) is -1.73. The zero-order chi connectivity index (χ0) is 18.5. The number of hydrogen-bond donors (Lipinski definition) is 3. The summed E-state index contributed by atoms with van der Waals surface area (Å²) >= 11 is 0. The third-order valence-electron chi connectivity index (χ3n) is 3.10. The van der Waals surface area contributed by atoms with Gasteiger partial charge in [0.2, 0.25) is 20.0 Å². The number of hydrogen-bond acceptors (Lipinski definition) is 5. The topological polar surface area (TPSA) is 130 Å². The van der Waals surface area contributed by atoms with Gasteiger partial charge in [-0.05, 0) is 30.3 Å². The first-order chi connectivity index (χ1) is 11.7. The number of rotatable bonds is 8. The van der Waals surface area contributed by atoms with E-state index in [-0.39, 0.29) is 17.0 Å². The number of carboxylic acids is 1. The Kier molecular flexibility index (Phi) is 5.77. The van der Waals surface area contributed by atoms with Crippen LogP contribution in [0, 0.1) is 0 Å². The van der Waals surface area contributed by atoms with Crippen LogP contribution in [0.2, 0.25) is 0 Å². The van der Waals surface area contributed by atoms with E-state index in [2.05, 4.69) is 9.44 Å². The highest BCUT2D eigenvalue weighted by Gasteiger charge is 2.18. The van der Waals surface area contributed by atoms with Crippen molar-refractivity contribution in [3.63, 3.8) is 0 Å². The molecule has 0 saturated carbocycles. The summed E-state index contributed by atoms with van der Waals surface area (Å²) in [4.78, 5) is 10.6. The van der Waals surface area contributed by atoms with E-state index >= 15 is 0 Å². The molecule has 10 heteroatoms. The molecular formula is C15H16N2O6S2. The fourth-order valence-corrected chi connectivity index (χ4v) is 4.10. The van der Waals surface area contributed by atoms with Crippen LogP contribution in [0.4, 0.5) is 5.69 Å². The Hall–Kier alpha value is -2.43. The van der Waals surface area contributed by atoms with Gasteiger partial charge in [-0.2, -0.15) is 0 Å². The minimum absolute atomic E-state index is 0.179. The van der Waals surface area contributed by atoms with Crippen LogP contribution in [0.25, 0.3) is 0 Å². The highest BCUT2D eigenvalue weighted by molar-refractivity contribution is 7.92. The monoisotopic (exact) mass is 384 g/mol. The van der Waals surface area contributed by atoms with Gasteiger partial charge in [0.05, 0.1) is 16.2 Å². The Bertz CT molecular complexity index is 957. The summed E-state index contributed by atoms with van der Waals surface area (Å²) in [6.07, 6.45) is 0. The van der Waals surface area contributed by atoms with E-state index in [1.807, 2.05) is 0 Å². The molecule has 0 amide bonds. The number of carbonyl (C=O) groups is 1. The molecule has 0 bridgehead atoms. The molecule has 0 aromatic heterocycles. The Balaban J connectivity index is 2.00. The maximum Gasteiger partial charge on any atom is 0.335 e. The maximum absolute atomic E-state index is 12.1. The Morgan fingerprint density at radius 1 is 0.960 bits per heavy atom. The van der Waals surface area contributed by atoms with Crippen molar-refractivity contribution in [2.45, 2.75) is 4.90 Å². The van der Waals surface area contributed by atoms with Crippen molar-refractivity contribution in [1.29, 1.82) is 0 Å². The second-order valence-electron chi connectivity index (χ2n) is 5.02. The molecule has 0 aliphatic carbocycles. The van der Waals surface area contributed by atoms with E-state index in [9.17, 15) is 21.6 Å². The summed E-state index contributed by atoms with van der Waals surface area (Å²) in [5, 5.41) is 8.90. The number of para-hydroxylation sites is 1. The second-order valence-corrected chi connectivity index (χ2v) is 8.63. The van der Waals surface area contributed by atoms with Crippen molar-refractivity contribution in [2.75, 3.05) is 17.0 Å². The van der Waals surface area contributed by atoms with Gasteiger partial charge < -0.3 is 5.11 Å². The second kappa shape index (κ2) is 7.64. The quantitative estimate of drug-likeness (QED) is 0.625. The van der Waals surface area contributed by atoms with Gasteiger partial charge in [0, 0.05) is 12.2 Å². The SMILES string of the molecule is O=C(O)c1cccc(S(=O)(=O)NCCS(=O)(=O)Nc2ccccc2)c1. The van der Waals surface area contributed by atoms with E-state index in [1.54, 1.807) is 30.3 Å². The average molecular weight is 384 g/mol. The van der Waals surface area contributed by atoms with Gasteiger partial charge in [0.25, 0.3) is 0 Å². The number of sulfonamides is 2. The predicted molar refractivity (Wildman–Crippen MR) is 92.4 cm³/mol. The molecule has 8 nitrogen and oxygen atoms in total. The molecule has 0 fully saturated rings. The maximum atomic E-state index is 12.1. The number of benzene rings is 2. The van der Waals surface area contributed by atoms with Gasteiger partial charge in [0.15, 0.2) is 0 Å². The van der Waals surface area contributed by atoms with Gasteiger partial charge >= 0.3 is 5.97 Å². The Labute approximate surface area is 145 Å². The van der Waals surface area contributed by atoms with Crippen molar-refractivity contribution in [1.82, 2.24) is 4.72 Å². The van der Waals surface area contributed by atoms with Crippen LogP contribution in [0.15, 0.2) is 59.5 Å². The van der Waals surface area contributed by atoms with E-state index in [0.29, 0.717) is 5.69 Å². The molecule has 0 saturated heterocycles. The van der Waals surface area contributed by atoms with Gasteiger partial charge in [-0.3, -0.25) is 4.72 Å². The smallest absolute Gasteiger partial charge is 0.335 e. The minimum atomic E-state index is -4.02. The fourth-order valence-electron chi connectivity index (χ4n) is 1.93. The number of anilines is 1. The zero-order valence-corrected chi connectivity index (χ0v) is 14.5. The third-order valence-corrected chi connectivity index (χ3v) is 5.85. The summed E-state index contributed by atoms with van der Waals surface area (Å²) in [6.45, 7) is -0.359. The highest BCUT2D eigenvalue weighted by Crippen LogP contribution is 2.12. The fraction of sp³-hybridized carbons (Fsp3) is 0.133. The van der Waals surface area contributed by atoms with Crippen LogP contribution in [0.1, 0.15) is 10.4 Å². The van der Waals surface area contributed by atoms with Crippen molar-refractivity contribution in [2.24, 2.45) is 0 Å². The molecule has 0 spiro atoms. The lowest BCUT2D eigenvalue weighted by Gasteiger charge is -2.09. The van der Waals surface area contributed by atoms with Crippen LogP contribution in [0.3, 0.4) is 0 Å². The molecule has 0 unspecified atom stereocenters. The zero-order valence-electron chi connectivity index (χ0n) is 12.9. The van der Waals surface area contributed by atoms with Crippen LogP contribution in [0.5, 0.6) is 0 Å². The Morgan fingerprint density at radius 2 is 1.64 bits per heavy atom. The van der Waals surface area contributed by atoms with Crippen molar-refractivity contribution in [3.05, 3.63) is 60.2 Å². The van der Waals surface area contributed by atoms with E-state index in [4.69, 9.17) is 5.11 Å². The van der Waals surface area contributed by atoms with Gasteiger partial charge in [0.1, 0.15) is 0 Å².